The fourth-order valence-corrected chi connectivity index (χ4v) is 2.60. The lowest BCUT2D eigenvalue weighted by molar-refractivity contribution is 0.125. The van der Waals surface area contributed by atoms with E-state index in [0.717, 1.165) is 25.1 Å². The summed E-state index contributed by atoms with van der Waals surface area (Å²) in [4.78, 5) is 2.13. The van der Waals surface area contributed by atoms with E-state index in [0.29, 0.717) is 6.54 Å². The summed E-state index contributed by atoms with van der Waals surface area (Å²) >= 11 is 0. The zero-order valence-electron chi connectivity index (χ0n) is 14.0. The molecule has 0 aromatic heterocycles. The van der Waals surface area contributed by atoms with E-state index in [1.165, 1.54) is 31.2 Å². The van der Waals surface area contributed by atoms with Crippen LogP contribution in [-0.4, -0.2) is 29.6 Å². The van der Waals surface area contributed by atoms with Gasteiger partial charge in [0.25, 0.3) is 0 Å². The molecule has 2 nitrogen and oxygen atoms in total. The zero-order chi connectivity index (χ0) is 16.2. The smallest absolute Gasteiger partial charge is 0.0917 e. The van der Waals surface area contributed by atoms with Gasteiger partial charge in [-0.05, 0) is 24.0 Å². The highest BCUT2D eigenvalue weighted by molar-refractivity contribution is 5.24. The van der Waals surface area contributed by atoms with Gasteiger partial charge in [-0.25, -0.2) is 0 Å². The van der Waals surface area contributed by atoms with E-state index < -0.39 is 6.10 Å². The molecular formula is C20H31NO. The van der Waals surface area contributed by atoms with Gasteiger partial charge in [-0.1, -0.05) is 62.6 Å². The highest BCUT2D eigenvalue weighted by atomic mass is 16.3. The summed E-state index contributed by atoms with van der Waals surface area (Å²) in [6, 6.07) is 8.41. The number of hydrogen-bond acceptors (Lipinski definition) is 2. The molecule has 0 radical (unpaired) electrons. The van der Waals surface area contributed by atoms with E-state index in [1.54, 1.807) is 0 Å². The topological polar surface area (TPSA) is 23.5 Å². The lowest BCUT2D eigenvalue weighted by Gasteiger charge is -2.22. The molecule has 0 saturated carbocycles. The van der Waals surface area contributed by atoms with Crippen molar-refractivity contribution in [3.8, 4) is 0 Å². The largest absolute Gasteiger partial charge is 0.387 e. The SMILES string of the molecule is C=CCN(CC=C)CC(O)c1ccc(CCCCCC)cc1. The van der Waals surface area contributed by atoms with Crippen molar-refractivity contribution in [2.24, 2.45) is 0 Å². The molecule has 0 aliphatic carbocycles. The Bertz CT molecular complexity index is 414. The van der Waals surface area contributed by atoms with Crippen molar-refractivity contribution in [1.29, 1.82) is 0 Å². The monoisotopic (exact) mass is 301 g/mol. The molecule has 0 bridgehead atoms. The van der Waals surface area contributed by atoms with Gasteiger partial charge in [-0.15, -0.1) is 13.2 Å². The molecule has 0 aliphatic rings. The molecule has 0 saturated heterocycles. The van der Waals surface area contributed by atoms with Crippen LogP contribution in [0.4, 0.5) is 0 Å². The van der Waals surface area contributed by atoms with Gasteiger partial charge >= 0.3 is 0 Å². The Balaban J connectivity index is 2.49. The first-order chi connectivity index (χ1) is 10.7. The molecule has 22 heavy (non-hydrogen) atoms. The van der Waals surface area contributed by atoms with Crippen LogP contribution in [-0.2, 0) is 6.42 Å². The molecule has 1 atom stereocenters. The molecule has 0 amide bonds. The lowest BCUT2D eigenvalue weighted by atomic mass is 10.0. The number of hydrogen-bond donors (Lipinski definition) is 1. The number of nitrogens with zero attached hydrogens (tertiary/aromatic N) is 1. The Morgan fingerprint density at radius 1 is 1.05 bits per heavy atom. The summed E-state index contributed by atoms with van der Waals surface area (Å²) in [5.74, 6) is 0. The standard InChI is InChI=1S/C20H31NO/c1-4-7-8-9-10-18-11-13-19(14-12-18)20(22)17-21(15-5-2)16-6-3/h5-6,11-14,20,22H,2-4,7-10,15-17H2,1H3. The second-order valence-electron chi connectivity index (χ2n) is 5.86. The van der Waals surface area contributed by atoms with Crippen molar-refractivity contribution < 1.29 is 5.11 Å². The van der Waals surface area contributed by atoms with Crippen molar-refractivity contribution in [3.63, 3.8) is 0 Å². The molecule has 0 spiro atoms. The Labute approximate surface area is 136 Å². The van der Waals surface area contributed by atoms with Crippen LogP contribution in [0.5, 0.6) is 0 Å². The van der Waals surface area contributed by atoms with Gasteiger partial charge in [-0.2, -0.15) is 0 Å². The minimum Gasteiger partial charge on any atom is -0.387 e. The van der Waals surface area contributed by atoms with Crippen LogP contribution in [0.15, 0.2) is 49.6 Å². The average molecular weight is 301 g/mol. The molecule has 0 fully saturated rings. The first-order valence-electron chi connectivity index (χ1n) is 8.42. The van der Waals surface area contributed by atoms with Gasteiger partial charge in [0.2, 0.25) is 0 Å². The summed E-state index contributed by atoms with van der Waals surface area (Å²) in [6.07, 6.45) is 9.53. The van der Waals surface area contributed by atoms with E-state index in [1.807, 2.05) is 12.2 Å². The molecule has 2 heteroatoms. The van der Waals surface area contributed by atoms with Crippen molar-refractivity contribution in [1.82, 2.24) is 4.90 Å². The van der Waals surface area contributed by atoms with Crippen LogP contribution >= 0.6 is 0 Å². The van der Waals surface area contributed by atoms with Crippen molar-refractivity contribution in [2.75, 3.05) is 19.6 Å². The molecule has 1 rings (SSSR count). The maximum atomic E-state index is 10.4. The number of aryl methyl sites for hydroxylation is 1. The van der Waals surface area contributed by atoms with E-state index >= 15 is 0 Å². The summed E-state index contributed by atoms with van der Waals surface area (Å²) < 4.78 is 0. The zero-order valence-corrected chi connectivity index (χ0v) is 14.0. The first kappa shape index (κ1) is 18.7. The number of aliphatic hydroxyl groups excluding tert-OH is 1. The quantitative estimate of drug-likeness (QED) is 0.453. The van der Waals surface area contributed by atoms with Crippen molar-refractivity contribution in [2.45, 2.75) is 45.1 Å². The van der Waals surface area contributed by atoms with Crippen LogP contribution in [0.1, 0.15) is 49.8 Å². The molecule has 0 heterocycles. The third-order valence-corrected chi connectivity index (χ3v) is 3.89. The summed E-state index contributed by atoms with van der Waals surface area (Å²) in [6.45, 7) is 11.9. The minimum atomic E-state index is -0.464. The summed E-state index contributed by atoms with van der Waals surface area (Å²) in [5.41, 5.74) is 2.34. The van der Waals surface area contributed by atoms with Crippen LogP contribution in [0.25, 0.3) is 0 Å². The van der Waals surface area contributed by atoms with Gasteiger partial charge in [-0.3, -0.25) is 4.90 Å². The van der Waals surface area contributed by atoms with Gasteiger partial charge in [0.05, 0.1) is 6.10 Å². The first-order valence-corrected chi connectivity index (χ1v) is 8.42. The van der Waals surface area contributed by atoms with Gasteiger partial charge in [0, 0.05) is 19.6 Å². The fourth-order valence-electron chi connectivity index (χ4n) is 2.60. The fraction of sp³-hybridized carbons (Fsp3) is 0.500. The Morgan fingerprint density at radius 3 is 2.23 bits per heavy atom. The predicted octanol–water partition coefficient (Wildman–Crippen LogP) is 4.52. The van der Waals surface area contributed by atoms with Crippen LogP contribution < -0.4 is 0 Å². The van der Waals surface area contributed by atoms with Crippen molar-refractivity contribution in [3.05, 3.63) is 60.7 Å². The van der Waals surface area contributed by atoms with E-state index in [9.17, 15) is 5.11 Å². The third-order valence-electron chi connectivity index (χ3n) is 3.89. The molecule has 1 aromatic rings. The Hall–Kier alpha value is -1.38. The Morgan fingerprint density at radius 2 is 1.68 bits per heavy atom. The lowest BCUT2D eigenvalue weighted by Crippen LogP contribution is -2.29. The third kappa shape index (κ3) is 7.06. The molecule has 1 unspecified atom stereocenters. The molecule has 0 aliphatic heterocycles. The second kappa shape index (κ2) is 11.2. The van der Waals surface area contributed by atoms with Crippen LogP contribution in [0.2, 0.25) is 0 Å². The van der Waals surface area contributed by atoms with E-state index in [-0.39, 0.29) is 0 Å². The average Bonchev–Trinajstić information content (AvgIpc) is 2.52. The van der Waals surface area contributed by atoms with E-state index in [2.05, 4.69) is 49.2 Å². The molecule has 122 valence electrons. The van der Waals surface area contributed by atoms with Gasteiger partial charge < -0.3 is 5.11 Å². The number of rotatable bonds is 12. The highest BCUT2D eigenvalue weighted by Crippen LogP contribution is 2.17. The highest BCUT2D eigenvalue weighted by Gasteiger charge is 2.11. The maximum Gasteiger partial charge on any atom is 0.0917 e. The number of unbranched alkanes of at least 4 members (excludes halogenated alkanes) is 3. The van der Waals surface area contributed by atoms with Gasteiger partial charge in [0.1, 0.15) is 0 Å². The van der Waals surface area contributed by atoms with Crippen LogP contribution in [0, 0.1) is 0 Å². The Kier molecular flexibility index (Phi) is 9.52. The number of aliphatic hydroxyl groups is 1. The molecular weight excluding hydrogens is 270 g/mol. The summed E-state index contributed by atoms with van der Waals surface area (Å²) in [7, 11) is 0. The summed E-state index contributed by atoms with van der Waals surface area (Å²) in [5, 5.41) is 10.4. The molecule has 1 N–H and O–H groups in total. The second-order valence-corrected chi connectivity index (χ2v) is 5.86. The normalized spacial score (nSPS) is 12.3. The maximum absolute atomic E-state index is 10.4. The predicted molar refractivity (Wildman–Crippen MR) is 96.1 cm³/mol. The van der Waals surface area contributed by atoms with Crippen molar-refractivity contribution >= 4 is 0 Å². The molecule has 1 aromatic carbocycles. The van der Waals surface area contributed by atoms with Crippen LogP contribution in [0.3, 0.4) is 0 Å². The van der Waals surface area contributed by atoms with Gasteiger partial charge in [0.15, 0.2) is 0 Å². The number of benzene rings is 1. The minimum absolute atomic E-state index is 0.464. The van der Waals surface area contributed by atoms with E-state index in [4.69, 9.17) is 0 Å².